The van der Waals surface area contributed by atoms with Crippen molar-refractivity contribution >= 4 is 70.1 Å². The van der Waals surface area contributed by atoms with Gasteiger partial charge < -0.3 is 20.9 Å². The van der Waals surface area contributed by atoms with Crippen LogP contribution in [0.1, 0.15) is 20.4 Å². The number of nitrogens with zero attached hydrogens (tertiary/aromatic N) is 3. The van der Waals surface area contributed by atoms with Crippen molar-refractivity contribution in [1.82, 2.24) is 14.9 Å². The third-order valence-electron chi connectivity index (χ3n) is 4.74. The molecule has 33 heavy (non-hydrogen) atoms. The summed E-state index contributed by atoms with van der Waals surface area (Å²) in [5, 5.41) is 8.55. The van der Waals surface area contributed by atoms with Crippen LogP contribution in [0.4, 0.5) is 17.1 Å². The molecule has 0 aliphatic carbocycles. The molecule has 3 N–H and O–H groups in total. The molecule has 12 heteroatoms. The second-order valence-electron chi connectivity index (χ2n) is 7.17. The zero-order valence-electron chi connectivity index (χ0n) is 17.4. The van der Waals surface area contributed by atoms with Gasteiger partial charge in [-0.15, -0.1) is 23.7 Å². The van der Waals surface area contributed by atoms with Crippen molar-refractivity contribution in [2.75, 3.05) is 29.5 Å². The highest BCUT2D eigenvalue weighted by molar-refractivity contribution is 7.13. The predicted molar refractivity (Wildman–Crippen MR) is 130 cm³/mol. The lowest BCUT2D eigenvalue weighted by Crippen LogP contribution is -2.29. The SMILES string of the molecule is CN1CCc2nc(C(=O)Nc3ccncc3NC(=O)C(=O)Nc3ccc(Cl)cc3)sc2C1.Cl. The summed E-state index contributed by atoms with van der Waals surface area (Å²) in [5.41, 5.74) is 1.87. The molecule has 0 unspecified atom stereocenters. The van der Waals surface area contributed by atoms with E-state index in [1.807, 2.05) is 7.05 Å². The molecule has 1 aromatic carbocycles. The molecular formula is C21H20Cl2N6O3S. The average Bonchev–Trinajstić information content (AvgIpc) is 3.20. The Kier molecular flexibility index (Phi) is 7.98. The Balaban J connectivity index is 0.00000306. The molecule has 0 saturated heterocycles. The van der Waals surface area contributed by atoms with E-state index < -0.39 is 11.8 Å². The lowest BCUT2D eigenvalue weighted by Gasteiger charge is -2.20. The van der Waals surface area contributed by atoms with Crippen LogP contribution in [-0.4, -0.2) is 46.2 Å². The number of rotatable bonds is 4. The first-order valence-electron chi connectivity index (χ1n) is 9.69. The van der Waals surface area contributed by atoms with Crippen LogP contribution in [0, 0.1) is 0 Å². The number of anilines is 3. The summed E-state index contributed by atoms with van der Waals surface area (Å²) in [4.78, 5) is 49.0. The number of aromatic nitrogens is 2. The van der Waals surface area contributed by atoms with Gasteiger partial charge in [0.05, 0.1) is 23.3 Å². The number of thiazole rings is 1. The van der Waals surface area contributed by atoms with Crippen LogP contribution in [0.25, 0.3) is 0 Å². The third kappa shape index (κ3) is 6.05. The zero-order chi connectivity index (χ0) is 22.7. The summed E-state index contributed by atoms with van der Waals surface area (Å²) in [6.45, 7) is 1.66. The van der Waals surface area contributed by atoms with Crippen molar-refractivity contribution in [2.45, 2.75) is 13.0 Å². The molecule has 3 amide bonds. The molecule has 0 bridgehead atoms. The maximum atomic E-state index is 12.8. The minimum Gasteiger partial charge on any atom is -0.318 e. The maximum Gasteiger partial charge on any atom is 0.314 e. The van der Waals surface area contributed by atoms with Gasteiger partial charge in [-0.3, -0.25) is 19.4 Å². The van der Waals surface area contributed by atoms with Gasteiger partial charge in [0.15, 0.2) is 5.01 Å². The van der Waals surface area contributed by atoms with Crippen LogP contribution in [0.2, 0.25) is 5.02 Å². The molecule has 3 aromatic rings. The topological polar surface area (TPSA) is 116 Å². The number of amides is 3. The summed E-state index contributed by atoms with van der Waals surface area (Å²) >= 11 is 7.17. The van der Waals surface area contributed by atoms with Gasteiger partial charge in [-0.2, -0.15) is 0 Å². The number of fused-ring (bicyclic) bond motifs is 1. The lowest BCUT2D eigenvalue weighted by atomic mass is 10.2. The molecule has 0 atom stereocenters. The first kappa shape index (κ1) is 24.6. The second-order valence-corrected chi connectivity index (χ2v) is 8.69. The Morgan fingerprint density at radius 3 is 2.52 bits per heavy atom. The van der Waals surface area contributed by atoms with E-state index in [0.717, 1.165) is 30.1 Å². The highest BCUT2D eigenvalue weighted by Gasteiger charge is 2.22. The van der Waals surface area contributed by atoms with Crippen LogP contribution in [0.5, 0.6) is 0 Å². The molecule has 4 rings (SSSR count). The van der Waals surface area contributed by atoms with Gasteiger partial charge in [-0.1, -0.05) is 11.6 Å². The van der Waals surface area contributed by atoms with Crippen LogP contribution < -0.4 is 16.0 Å². The zero-order valence-corrected chi connectivity index (χ0v) is 19.8. The first-order chi connectivity index (χ1) is 15.4. The maximum absolute atomic E-state index is 12.8. The largest absolute Gasteiger partial charge is 0.318 e. The highest BCUT2D eigenvalue weighted by atomic mass is 35.5. The summed E-state index contributed by atoms with van der Waals surface area (Å²) in [6, 6.07) is 7.88. The van der Waals surface area contributed by atoms with Gasteiger partial charge in [0.2, 0.25) is 0 Å². The highest BCUT2D eigenvalue weighted by Crippen LogP contribution is 2.26. The quantitative estimate of drug-likeness (QED) is 0.466. The first-order valence-corrected chi connectivity index (χ1v) is 10.9. The average molecular weight is 507 g/mol. The Morgan fingerprint density at radius 2 is 1.76 bits per heavy atom. The van der Waals surface area contributed by atoms with Crippen molar-refractivity contribution in [3.63, 3.8) is 0 Å². The molecule has 1 aliphatic heterocycles. The third-order valence-corrected chi connectivity index (χ3v) is 6.08. The Hall–Kier alpha value is -3.05. The molecule has 0 radical (unpaired) electrons. The molecule has 3 heterocycles. The summed E-state index contributed by atoms with van der Waals surface area (Å²) in [6.07, 6.45) is 3.63. The molecule has 172 valence electrons. The van der Waals surface area contributed by atoms with Gasteiger partial charge >= 0.3 is 11.8 Å². The van der Waals surface area contributed by atoms with E-state index in [-0.39, 0.29) is 24.0 Å². The van der Waals surface area contributed by atoms with Gasteiger partial charge in [-0.05, 0) is 37.4 Å². The van der Waals surface area contributed by atoms with Gasteiger partial charge in [0.1, 0.15) is 0 Å². The summed E-state index contributed by atoms with van der Waals surface area (Å²) < 4.78 is 0. The van der Waals surface area contributed by atoms with Crippen molar-refractivity contribution < 1.29 is 14.4 Å². The fraction of sp³-hybridized carbons (Fsp3) is 0.190. The van der Waals surface area contributed by atoms with Crippen LogP contribution >= 0.6 is 35.3 Å². The van der Waals surface area contributed by atoms with E-state index in [1.54, 1.807) is 24.3 Å². The molecule has 1 aliphatic rings. The van der Waals surface area contributed by atoms with Crippen LogP contribution in [0.3, 0.4) is 0 Å². The number of nitrogens with one attached hydrogen (secondary N) is 3. The van der Waals surface area contributed by atoms with Gasteiger partial charge in [0.25, 0.3) is 5.91 Å². The van der Waals surface area contributed by atoms with Crippen molar-refractivity contribution in [1.29, 1.82) is 0 Å². The summed E-state index contributed by atoms with van der Waals surface area (Å²) in [7, 11) is 2.03. The lowest BCUT2D eigenvalue weighted by molar-refractivity contribution is -0.132. The van der Waals surface area contributed by atoms with Crippen molar-refractivity contribution in [3.05, 3.63) is 63.3 Å². The molecular weight excluding hydrogens is 487 g/mol. The van der Waals surface area contributed by atoms with E-state index >= 15 is 0 Å². The fourth-order valence-electron chi connectivity index (χ4n) is 3.10. The fourth-order valence-corrected chi connectivity index (χ4v) is 4.31. The molecule has 0 spiro atoms. The molecule has 9 nitrogen and oxygen atoms in total. The standard InChI is InChI=1S/C21H19ClN6O3S.ClH/c1-28-9-7-15-17(11-28)32-21(27-15)20(31)25-14-6-8-23-10-16(14)26-19(30)18(29)24-13-4-2-12(22)3-5-13;/h2-6,8,10H,7,9,11H2,1H3,(H,24,29)(H,26,30)(H,23,25,31);1H. The van der Waals surface area contributed by atoms with Crippen LogP contribution in [0.15, 0.2) is 42.7 Å². The molecule has 0 fully saturated rings. The van der Waals surface area contributed by atoms with E-state index in [9.17, 15) is 14.4 Å². The number of hydrogen-bond acceptors (Lipinski definition) is 7. The number of benzene rings is 1. The van der Waals surface area contributed by atoms with Gasteiger partial charge in [0, 0.05) is 41.3 Å². The molecule has 2 aromatic heterocycles. The summed E-state index contributed by atoms with van der Waals surface area (Å²) in [5.74, 6) is -2.17. The molecule has 0 saturated carbocycles. The van der Waals surface area contributed by atoms with Crippen molar-refractivity contribution in [2.24, 2.45) is 0 Å². The van der Waals surface area contributed by atoms with Crippen LogP contribution in [-0.2, 0) is 22.6 Å². The predicted octanol–water partition coefficient (Wildman–Crippen LogP) is 3.43. The van der Waals surface area contributed by atoms with Gasteiger partial charge in [-0.25, -0.2) is 4.98 Å². The number of carbonyl (C=O) groups excluding carboxylic acids is 3. The number of likely N-dealkylation sites (N-methyl/N-ethyl adjacent to an activating group) is 1. The van der Waals surface area contributed by atoms with E-state index in [2.05, 4.69) is 30.8 Å². The van der Waals surface area contributed by atoms with E-state index in [1.165, 1.54) is 29.8 Å². The van der Waals surface area contributed by atoms with E-state index in [0.29, 0.717) is 21.4 Å². The van der Waals surface area contributed by atoms with E-state index in [4.69, 9.17) is 11.6 Å². The number of carbonyl (C=O) groups is 3. The second kappa shape index (κ2) is 10.7. The Labute approximate surface area is 205 Å². The number of pyridine rings is 1. The number of halogens is 2. The normalized spacial score (nSPS) is 12.8. The Morgan fingerprint density at radius 1 is 1.03 bits per heavy atom. The van der Waals surface area contributed by atoms with Crippen molar-refractivity contribution in [3.8, 4) is 0 Å². The Bertz CT molecular complexity index is 1180. The minimum absolute atomic E-state index is 0. The monoisotopic (exact) mass is 506 g/mol. The number of hydrogen-bond donors (Lipinski definition) is 3. The smallest absolute Gasteiger partial charge is 0.314 e. The minimum atomic E-state index is -0.906.